The Kier molecular flexibility index (Phi) is 4.51. The second kappa shape index (κ2) is 6.33. The third kappa shape index (κ3) is 3.18. The Morgan fingerprint density at radius 1 is 1.48 bits per heavy atom. The molecule has 0 bridgehead atoms. The SMILES string of the molecule is Cc1c(OCc2ccsc2C(=O)NN)cccc1[N+](=O)[O-]. The van der Waals surface area contributed by atoms with Gasteiger partial charge >= 0.3 is 0 Å². The number of nitrogens with zero attached hydrogens (tertiary/aromatic N) is 1. The number of hydrogen-bond acceptors (Lipinski definition) is 6. The van der Waals surface area contributed by atoms with Crippen molar-refractivity contribution in [1.82, 2.24) is 5.43 Å². The van der Waals surface area contributed by atoms with Crippen LogP contribution in [0, 0.1) is 17.0 Å². The van der Waals surface area contributed by atoms with Gasteiger partial charge in [-0.1, -0.05) is 6.07 Å². The highest BCUT2D eigenvalue weighted by molar-refractivity contribution is 7.12. The average Bonchev–Trinajstić information content (AvgIpc) is 2.93. The van der Waals surface area contributed by atoms with Crippen LogP contribution in [0.2, 0.25) is 0 Å². The van der Waals surface area contributed by atoms with Gasteiger partial charge in [-0.2, -0.15) is 0 Å². The van der Waals surface area contributed by atoms with Gasteiger partial charge in [-0.05, 0) is 24.4 Å². The summed E-state index contributed by atoms with van der Waals surface area (Å²) in [7, 11) is 0. The Hall–Kier alpha value is -2.45. The highest BCUT2D eigenvalue weighted by atomic mass is 32.1. The van der Waals surface area contributed by atoms with Gasteiger partial charge in [-0.15, -0.1) is 11.3 Å². The molecular formula is C13H13N3O4S. The molecule has 1 aromatic heterocycles. The highest BCUT2D eigenvalue weighted by Gasteiger charge is 2.16. The lowest BCUT2D eigenvalue weighted by Gasteiger charge is -2.09. The van der Waals surface area contributed by atoms with Gasteiger partial charge in [0.2, 0.25) is 0 Å². The minimum Gasteiger partial charge on any atom is -0.488 e. The van der Waals surface area contributed by atoms with Crippen LogP contribution in [-0.2, 0) is 6.61 Å². The fourth-order valence-corrected chi connectivity index (χ4v) is 2.64. The number of ether oxygens (including phenoxy) is 1. The van der Waals surface area contributed by atoms with E-state index in [-0.39, 0.29) is 18.2 Å². The average molecular weight is 307 g/mol. The van der Waals surface area contributed by atoms with Crippen molar-refractivity contribution in [3.05, 3.63) is 55.8 Å². The van der Waals surface area contributed by atoms with E-state index in [1.54, 1.807) is 30.5 Å². The minimum absolute atomic E-state index is 0.00209. The number of rotatable bonds is 5. The second-order valence-corrected chi connectivity index (χ2v) is 5.11. The molecule has 0 fully saturated rings. The van der Waals surface area contributed by atoms with Crippen LogP contribution < -0.4 is 16.0 Å². The molecule has 2 rings (SSSR count). The lowest BCUT2D eigenvalue weighted by molar-refractivity contribution is -0.385. The van der Waals surface area contributed by atoms with Crippen LogP contribution >= 0.6 is 11.3 Å². The molecule has 21 heavy (non-hydrogen) atoms. The molecule has 0 radical (unpaired) electrons. The third-order valence-electron chi connectivity index (χ3n) is 2.92. The summed E-state index contributed by atoms with van der Waals surface area (Å²) < 4.78 is 5.59. The summed E-state index contributed by atoms with van der Waals surface area (Å²) in [5, 5.41) is 12.6. The molecule has 3 N–H and O–H groups in total. The number of carbonyl (C=O) groups excluding carboxylic acids is 1. The molecule has 0 saturated heterocycles. The topological polar surface area (TPSA) is 107 Å². The van der Waals surface area contributed by atoms with E-state index in [0.29, 0.717) is 21.8 Å². The van der Waals surface area contributed by atoms with Gasteiger partial charge in [0.1, 0.15) is 12.4 Å². The summed E-state index contributed by atoms with van der Waals surface area (Å²) in [6.07, 6.45) is 0. The first kappa shape index (κ1) is 14.9. The zero-order chi connectivity index (χ0) is 15.4. The summed E-state index contributed by atoms with van der Waals surface area (Å²) >= 11 is 1.25. The second-order valence-electron chi connectivity index (χ2n) is 4.19. The molecule has 0 aliphatic heterocycles. The molecule has 0 saturated carbocycles. The van der Waals surface area contributed by atoms with Crippen molar-refractivity contribution in [2.45, 2.75) is 13.5 Å². The Bertz CT molecular complexity index is 684. The molecule has 110 valence electrons. The number of hydrogen-bond donors (Lipinski definition) is 2. The van der Waals surface area contributed by atoms with Gasteiger partial charge < -0.3 is 4.74 Å². The first-order valence-electron chi connectivity index (χ1n) is 5.98. The zero-order valence-corrected chi connectivity index (χ0v) is 12.0. The number of nitro benzene ring substituents is 1. The summed E-state index contributed by atoms with van der Waals surface area (Å²) in [5.41, 5.74) is 3.19. The first-order valence-corrected chi connectivity index (χ1v) is 6.86. The molecule has 8 heteroatoms. The predicted octanol–water partition coefficient (Wildman–Crippen LogP) is 2.15. The van der Waals surface area contributed by atoms with Crippen molar-refractivity contribution in [1.29, 1.82) is 0 Å². The molecule has 7 nitrogen and oxygen atoms in total. The molecule has 0 atom stereocenters. The number of hydrazine groups is 1. The molecule has 1 aromatic carbocycles. The Morgan fingerprint density at radius 2 is 2.24 bits per heavy atom. The van der Waals surface area contributed by atoms with E-state index in [4.69, 9.17) is 10.6 Å². The van der Waals surface area contributed by atoms with Crippen LogP contribution in [-0.4, -0.2) is 10.8 Å². The molecule has 1 heterocycles. The largest absolute Gasteiger partial charge is 0.488 e. The fraction of sp³-hybridized carbons (Fsp3) is 0.154. The number of nitrogens with two attached hydrogens (primary N) is 1. The third-order valence-corrected chi connectivity index (χ3v) is 3.87. The minimum atomic E-state index is -0.458. The summed E-state index contributed by atoms with van der Waals surface area (Å²) in [6.45, 7) is 1.75. The number of benzene rings is 1. The maximum Gasteiger partial charge on any atom is 0.276 e. The van der Waals surface area contributed by atoms with E-state index in [9.17, 15) is 14.9 Å². The van der Waals surface area contributed by atoms with Crippen LogP contribution in [0.5, 0.6) is 5.75 Å². The molecule has 0 spiro atoms. The van der Waals surface area contributed by atoms with Crippen LogP contribution in [0.25, 0.3) is 0 Å². The Morgan fingerprint density at radius 3 is 2.90 bits per heavy atom. The Labute approximate surface area is 124 Å². The zero-order valence-electron chi connectivity index (χ0n) is 11.2. The Balaban J connectivity index is 2.18. The number of carbonyl (C=O) groups is 1. The number of nitrogen functional groups attached to an aromatic ring is 1. The van der Waals surface area contributed by atoms with E-state index in [2.05, 4.69) is 5.43 Å². The lowest BCUT2D eigenvalue weighted by atomic mass is 10.2. The summed E-state index contributed by atoms with van der Waals surface area (Å²) in [5.74, 6) is 5.13. The number of nitrogens with one attached hydrogen (secondary N) is 1. The van der Waals surface area contributed by atoms with Crippen molar-refractivity contribution in [2.24, 2.45) is 5.84 Å². The maximum absolute atomic E-state index is 11.5. The van der Waals surface area contributed by atoms with E-state index in [0.717, 1.165) is 0 Å². The van der Waals surface area contributed by atoms with Gasteiger partial charge in [0, 0.05) is 11.6 Å². The van der Waals surface area contributed by atoms with Crippen LogP contribution in [0.3, 0.4) is 0 Å². The van der Waals surface area contributed by atoms with Crippen LogP contribution in [0.1, 0.15) is 20.8 Å². The van der Waals surface area contributed by atoms with Crippen molar-refractivity contribution in [3.63, 3.8) is 0 Å². The molecule has 1 amide bonds. The van der Waals surface area contributed by atoms with Gasteiger partial charge in [-0.25, -0.2) is 5.84 Å². The van der Waals surface area contributed by atoms with E-state index < -0.39 is 4.92 Å². The number of amides is 1. The van der Waals surface area contributed by atoms with Gasteiger partial charge in [-0.3, -0.25) is 20.3 Å². The molecule has 2 aromatic rings. The van der Waals surface area contributed by atoms with Crippen molar-refractivity contribution in [2.75, 3.05) is 0 Å². The van der Waals surface area contributed by atoms with Gasteiger partial charge in [0.05, 0.1) is 15.4 Å². The van der Waals surface area contributed by atoms with E-state index >= 15 is 0 Å². The van der Waals surface area contributed by atoms with Crippen LogP contribution in [0.4, 0.5) is 5.69 Å². The predicted molar refractivity (Wildman–Crippen MR) is 78.1 cm³/mol. The first-order chi connectivity index (χ1) is 10.0. The van der Waals surface area contributed by atoms with Gasteiger partial charge in [0.25, 0.3) is 11.6 Å². The standard InChI is InChI=1S/C13H13N3O4S/c1-8-10(16(18)19)3-2-4-11(8)20-7-9-5-6-21-12(9)13(17)15-14/h2-6H,7,14H2,1H3,(H,15,17). The molecule has 0 aliphatic carbocycles. The van der Waals surface area contributed by atoms with Crippen molar-refractivity contribution < 1.29 is 14.5 Å². The van der Waals surface area contributed by atoms with Crippen molar-refractivity contribution >= 4 is 22.9 Å². The molecular weight excluding hydrogens is 294 g/mol. The normalized spacial score (nSPS) is 10.2. The highest BCUT2D eigenvalue weighted by Crippen LogP contribution is 2.28. The maximum atomic E-state index is 11.5. The van der Waals surface area contributed by atoms with Crippen LogP contribution in [0.15, 0.2) is 29.6 Å². The quantitative estimate of drug-likeness (QED) is 0.381. The fourth-order valence-electron chi connectivity index (χ4n) is 1.83. The summed E-state index contributed by atoms with van der Waals surface area (Å²) in [4.78, 5) is 22.4. The smallest absolute Gasteiger partial charge is 0.276 e. The monoisotopic (exact) mass is 307 g/mol. The van der Waals surface area contributed by atoms with E-state index in [1.807, 2.05) is 0 Å². The van der Waals surface area contributed by atoms with Gasteiger partial charge in [0.15, 0.2) is 0 Å². The number of nitro groups is 1. The lowest BCUT2D eigenvalue weighted by Crippen LogP contribution is -2.30. The molecule has 0 aliphatic rings. The summed E-state index contributed by atoms with van der Waals surface area (Å²) in [6, 6.07) is 6.38. The number of thiophene rings is 1. The van der Waals surface area contributed by atoms with E-state index in [1.165, 1.54) is 17.4 Å². The molecule has 0 unspecified atom stereocenters. The van der Waals surface area contributed by atoms with Crippen molar-refractivity contribution in [3.8, 4) is 5.75 Å².